The normalized spacial score (nSPS) is 10.8. The first kappa shape index (κ1) is 22.2. The van der Waals surface area contributed by atoms with Gasteiger partial charge in [-0.2, -0.15) is 5.26 Å². The minimum atomic E-state index is -0.494. The molecule has 0 fully saturated rings. The topological polar surface area (TPSA) is 105 Å². The molecule has 3 aromatic carbocycles. The first-order chi connectivity index (χ1) is 15.4. The van der Waals surface area contributed by atoms with Crippen LogP contribution < -0.4 is 10.1 Å². The lowest BCUT2D eigenvalue weighted by Crippen LogP contribution is -2.20. The summed E-state index contributed by atoms with van der Waals surface area (Å²) in [5.74, 6) is 0.139. The average Bonchev–Trinajstić information content (AvgIpc) is 2.79. The van der Waals surface area contributed by atoms with Crippen molar-refractivity contribution >= 4 is 28.9 Å². The molecule has 0 atom stereocenters. The fourth-order valence-electron chi connectivity index (χ4n) is 2.99. The molecule has 0 bridgehead atoms. The average molecular weight is 427 g/mol. The summed E-state index contributed by atoms with van der Waals surface area (Å²) in [4.78, 5) is 22.7. The van der Waals surface area contributed by atoms with E-state index >= 15 is 0 Å². The lowest BCUT2D eigenvalue weighted by Gasteiger charge is -2.11. The zero-order valence-corrected chi connectivity index (χ0v) is 17.7. The Hall–Kier alpha value is -4.44. The van der Waals surface area contributed by atoms with Gasteiger partial charge in [-0.25, -0.2) is 0 Å². The summed E-state index contributed by atoms with van der Waals surface area (Å²) in [6, 6.07) is 20.5. The van der Waals surface area contributed by atoms with Gasteiger partial charge in [-0.1, -0.05) is 24.3 Å². The molecule has 0 aliphatic heterocycles. The Morgan fingerprint density at radius 1 is 1.09 bits per heavy atom. The fourth-order valence-corrected chi connectivity index (χ4v) is 2.99. The number of hydrogen-bond acceptors (Lipinski definition) is 5. The molecule has 1 N–H and O–H groups in total. The van der Waals surface area contributed by atoms with E-state index in [4.69, 9.17) is 4.74 Å². The van der Waals surface area contributed by atoms with E-state index < -0.39 is 4.92 Å². The van der Waals surface area contributed by atoms with Crippen molar-refractivity contribution in [2.45, 2.75) is 13.8 Å². The second-order valence-corrected chi connectivity index (χ2v) is 7.15. The second-order valence-electron chi connectivity index (χ2n) is 7.15. The molecule has 0 saturated carbocycles. The predicted octanol–water partition coefficient (Wildman–Crippen LogP) is 5.29. The van der Waals surface area contributed by atoms with Gasteiger partial charge in [0.15, 0.2) is 6.61 Å². The number of carbonyl (C=O) groups is 1. The van der Waals surface area contributed by atoms with Crippen LogP contribution in [-0.4, -0.2) is 17.4 Å². The SMILES string of the molecule is Cc1ccc(NC(=O)COc2ccccc2/C=C(\C#N)c2ccc([N+](=O)[O-])cc2)cc1C. The van der Waals surface area contributed by atoms with E-state index in [-0.39, 0.29) is 18.2 Å². The minimum absolute atomic E-state index is 0.0513. The fraction of sp³-hybridized carbons (Fsp3) is 0.120. The minimum Gasteiger partial charge on any atom is -0.483 e. The Labute approximate surface area is 185 Å². The molecule has 0 aromatic heterocycles. The number of allylic oxidation sites excluding steroid dienone is 1. The Morgan fingerprint density at radius 2 is 1.81 bits per heavy atom. The summed E-state index contributed by atoms with van der Waals surface area (Å²) in [7, 11) is 0. The van der Waals surface area contributed by atoms with Crippen LogP contribution in [0.25, 0.3) is 11.6 Å². The summed E-state index contributed by atoms with van der Waals surface area (Å²) in [6.07, 6.45) is 1.62. The zero-order chi connectivity index (χ0) is 23.1. The molecule has 32 heavy (non-hydrogen) atoms. The lowest BCUT2D eigenvalue weighted by molar-refractivity contribution is -0.384. The van der Waals surface area contributed by atoms with E-state index in [0.717, 1.165) is 11.1 Å². The van der Waals surface area contributed by atoms with Gasteiger partial charge in [0.2, 0.25) is 0 Å². The summed E-state index contributed by atoms with van der Waals surface area (Å²) >= 11 is 0. The summed E-state index contributed by atoms with van der Waals surface area (Å²) in [5, 5.41) is 23.2. The van der Waals surface area contributed by atoms with Crippen LogP contribution in [0.3, 0.4) is 0 Å². The number of aryl methyl sites for hydroxylation is 2. The van der Waals surface area contributed by atoms with E-state index in [1.165, 1.54) is 24.3 Å². The Bertz CT molecular complexity index is 1220. The van der Waals surface area contributed by atoms with Gasteiger partial charge in [0.1, 0.15) is 5.75 Å². The van der Waals surface area contributed by atoms with Crippen LogP contribution in [0.1, 0.15) is 22.3 Å². The number of nitro groups is 1. The molecule has 0 spiro atoms. The molecule has 7 nitrogen and oxygen atoms in total. The van der Waals surface area contributed by atoms with Crippen molar-refractivity contribution in [3.8, 4) is 11.8 Å². The number of hydrogen-bond donors (Lipinski definition) is 1. The Balaban J connectivity index is 1.74. The number of benzene rings is 3. The largest absolute Gasteiger partial charge is 0.483 e. The quantitative estimate of drug-likeness (QED) is 0.239. The highest BCUT2D eigenvalue weighted by Crippen LogP contribution is 2.26. The molecule has 0 heterocycles. The highest BCUT2D eigenvalue weighted by Gasteiger charge is 2.10. The molecular weight excluding hydrogens is 406 g/mol. The number of nitriles is 1. The van der Waals surface area contributed by atoms with Crippen molar-refractivity contribution in [2.24, 2.45) is 0 Å². The number of non-ortho nitro benzene ring substituents is 1. The van der Waals surface area contributed by atoms with Crippen LogP contribution in [0.4, 0.5) is 11.4 Å². The number of para-hydroxylation sites is 1. The van der Waals surface area contributed by atoms with Gasteiger partial charge < -0.3 is 10.1 Å². The smallest absolute Gasteiger partial charge is 0.269 e. The maximum Gasteiger partial charge on any atom is 0.269 e. The number of nitro benzene ring substituents is 1. The van der Waals surface area contributed by atoms with Gasteiger partial charge in [-0.15, -0.1) is 0 Å². The molecule has 0 saturated heterocycles. The van der Waals surface area contributed by atoms with E-state index in [1.54, 1.807) is 30.3 Å². The first-order valence-corrected chi connectivity index (χ1v) is 9.83. The predicted molar refractivity (Wildman–Crippen MR) is 123 cm³/mol. The van der Waals surface area contributed by atoms with Crippen LogP contribution in [0, 0.1) is 35.3 Å². The van der Waals surface area contributed by atoms with Crippen LogP contribution in [0.5, 0.6) is 5.75 Å². The van der Waals surface area contributed by atoms with E-state index in [1.807, 2.05) is 32.0 Å². The molecule has 0 radical (unpaired) electrons. The molecule has 0 aliphatic rings. The Morgan fingerprint density at radius 3 is 2.47 bits per heavy atom. The molecule has 1 amide bonds. The van der Waals surface area contributed by atoms with Gasteiger partial charge in [0, 0.05) is 23.4 Å². The molecular formula is C25H21N3O4. The number of nitrogens with one attached hydrogen (secondary N) is 1. The maximum atomic E-state index is 12.3. The number of carbonyl (C=O) groups excluding carboxylic acids is 1. The van der Waals surface area contributed by atoms with Crippen molar-refractivity contribution in [3.63, 3.8) is 0 Å². The zero-order valence-electron chi connectivity index (χ0n) is 17.7. The molecule has 3 rings (SSSR count). The van der Waals surface area contributed by atoms with Crippen LogP contribution >= 0.6 is 0 Å². The summed E-state index contributed by atoms with van der Waals surface area (Å²) < 4.78 is 5.70. The second kappa shape index (κ2) is 10.0. The monoisotopic (exact) mass is 427 g/mol. The number of anilines is 1. The molecule has 3 aromatic rings. The van der Waals surface area contributed by atoms with Gasteiger partial charge >= 0.3 is 0 Å². The van der Waals surface area contributed by atoms with Crippen molar-refractivity contribution in [1.82, 2.24) is 0 Å². The third-order valence-corrected chi connectivity index (χ3v) is 4.88. The highest BCUT2D eigenvalue weighted by molar-refractivity contribution is 5.93. The van der Waals surface area contributed by atoms with Crippen LogP contribution in [-0.2, 0) is 4.79 Å². The lowest BCUT2D eigenvalue weighted by atomic mass is 10.0. The maximum absolute atomic E-state index is 12.3. The molecule has 0 aliphatic carbocycles. The summed E-state index contributed by atoms with van der Waals surface area (Å²) in [5.41, 5.74) is 4.33. The number of nitrogens with zero attached hydrogens (tertiary/aromatic N) is 2. The van der Waals surface area contributed by atoms with Crippen LogP contribution in [0.15, 0.2) is 66.7 Å². The number of amides is 1. The number of rotatable bonds is 7. The Kier molecular flexibility index (Phi) is 6.99. The highest BCUT2D eigenvalue weighted by atomic mass is 16.6. The third-order valence-electron chi connectivity index (χ3n) is 4.88. The van der Waals surface area contributed by atoms with Crippen molar-refractivity contribution < 1.29 is 14.5 Å². The van der Waals surface area contributed by atoms with Crippen molar-refractivity contribution in [1.29, 1.82) is 5.26 Å². The molecule has 160 valence electrons. The van der Waals surface area contributed by atoms with Crippen molar-refractivity contribution in [2.75, 3.05) is 11.9 Å². The first-order valence-electron chi connectivity index (χ1n) is 9.83. The van der Waals surface area contributed by atoms with Gasteiger partial charge in [-0.3, -0.25) is 14.9 Å². The molecule has 0 unspecified atom stereocenters. The van der Waals surface area contributed by atoms with E-state index in [0.29, 0.717) is 28.1 Å². The van der Waals surface area contributed by atoms with Crippen LogP contribution in [0.2, 0.25) is 0 Å². The number of ether oxygens (including phenoxy) is 1. The standard InChI is InChI=1S/C25H21N3O4/c1-17-7-10-22(13-18(17)2)27-25(29)16-32-24-6-4-3-5-20(24)14-21(15-26)19-8-11-23(12-9-19)28(30)31/h3-14H,16H2,1-2H3,(H,27,29)/b21-14+. The third kappa shape index (κ3) is 5.58. The summed E-state index contributed by atoms with van der Waals surface area (Å²) in [6.45, 7) is 3.78. The van der Waals surface area contributed by atoms with E-state index in [9.17, 15) is 20.2 Å². The van der Waals surface area contributed by atoms with E-state index in [2.05, 4.69) is 11.4 Å². The van der Waals surface area contributed by atoms with Gasteiger partial charge in [0.25, 0.3) is 11.6 Å². The van der Waals surface area contributed by atoms with Gasteiger partial charge in [-0.05, 0) is 66.9 Å². The molecule has 7 heteroatoms. The van der Waals surface area contributed by atoms with Crippen molar-refractivity contribution in [3.05, 3.63) is 99.1 Å². The van der Waals surface area contributed by atoms with Gasteiger partial charge in [0.05, 0.1) is 16.6 Å².